The highest BCUT2D eigenvalue weighted by molar-refractivity contribution is 6.76. The lowest BCUT2D eigenvalue weighted by atomic mass is 10.3. The number of hydrogen-bond donors (Lipinski definition) is 0. The topological polar surface area (TPSA) is 39.9 Å². The molecule has 2 heterocycles. The minimum Gasteiger partial charge on any atom is -0.359 e. The second-order valence-electron chi connectivity index (χ2n) is 5.81. The zero-order valence-corrected chi connectivity index (χ0v) is 12.6. The van der Waals surface area contributed by atoms with E-state index in [2.05, 4.69) is 29.7 Å². The zero-order valence-electron chi connectivity index (χ0n) is 11.6. The van der Waals surface area contributed by atoms with E-state index < -0.39 is 8.07 Å². The first-order valence-electron chi connectivity index (χ1n) is 6.33. The van der Waals surface area contributed by atoms with Gasteiger partial charge < -0.3 is 4.74 Å². The zero-order chi connectivity index (χ0) is 13.2. The third-order valence-electron chi connectivity index (χ3n) is 2.90. The normalized spacial score (nSPS) is 12.2. The highest BCUT2D eigenvalue weighted by Gasteiger charge is 2.12. The van der Waals surface area contributed by atoms with Gasteiger partial charge in [-0.05, 0) is 25.1 Å². The lowest BCUT2D eigenvalue weighted by Crippen LogP contribution is -2.22. The van der Waals surface area contributed by atoms with Crippen molar-refractivity contribution in [3.8, 4) is 0 Å². The SMILES string of the molecule is Cc1nn(COCC[Si](C)(C)C)c2ncccc12. The standard InChI is InChI=1S/C13H21N3OSi/c1-11-12-6-5-7-14-13(12)16(15-11)10-17-8-9-18(2,3)4/h5-7H,8-10H2,1-4H3. The summed E-state index contributed by atoms with van der Waals surface area (Å²) >= 11 is 0. The Labute approximate surface area is 109 Å². The molecule has 0 amide bonds. The van der Waals surface area contributed by atoms with Gasteiger partial charge in [-0.25, -0.2) is 9.67 Å². The van der Waals surface area contributed by atoms with Gasteiger partial charge in [0.15, 0.2) is 5.65 Å². The van der Waals surface area contributed by atoms with E-state index in [1.165, 1.54) is 6.04 Å². The minimum absolute atomic E-state index is 0.492. The van der Waals surface area contributed by atoms with Gasteiger partial charge in [0.1, 0.15) is 6.73 Å². The van der Waals surface area contributed by atoms with Crippen molar-refractivity contribution in [2.75, 3.05) is 6.61 Å². The van der Waals surface area contributed by atoms with Crippen molar-refractivity contribution in [3.63, 3.8) is 0 Å². The molecule has 98 valence electrons. The second-order valence-corrected chi connectivity index (χ2v) is 11.4. The van der Waals surface area contributed by atoms with E-state index in [0.717, 1.165) is 23.3 Å². The molecule has 4 nitrogen and oxygen atoms in total. The lowest BCUT2D eigenvalue weighted by Gasteiger charge is -2.15. The first kappa shape index (κ1) is 13.2. The molecule has 0 aliphatic carbocycles. The average molecular weight is 263 g/mol. The van der Waals surface area contributed by atoms with Crippen molar-refractivity contribution >= 4 is 19.1 Å². The van der Waals surface area contributed by atoms with Crippen LogP contribution in [0.4, 0.5) is 0 Å². The monoisotopic (exact) mass is 263 g/mol. The molecule has 0 aromatic carbocycles. The minimum atomic E-state index is -1.01. The van der Waals surface area contributed by atoms with Gasteiger partial charge in [0, 0.05) is 26.3 Å². The second kappa shape index (κ2) is 5.20. The molecule has 0 saturated heterocycles. The molecule has 5 heteroatoms. The summed E-state index contributed by atoms with van der Waals surface area (Å²) in [7, 11) is -1.01. The summed E-state index contributed by atoms with van der Waals surface area (Å²) in [5, 5.41) is 5.57. The third-order valence-corrected chi connectivity index (χ3v) is 4.61. The van der Waals surface area contributed by atoms with Crippen molar-refractivity contribution in [1.82, 2.24) is 14.8 Å². The molecular formula is C13H21N3OSi. The van der Waals surface area contributed by atoms with Gasteiger partial charge in [0.25, 0.3) is 0 Å². The molecule has 2 rings (SSSR count). The summed E-state index contributed by atoms with van der Waals surface area (Å²) in [6, 6.07) is 5.16. The first-order valence-corrected chi connectivity index (χ1v) is 10.0. The fourth-order valence-corrected chi connectivity index (χ4v) is 2.54. The van der Waals surface area contributed by atoms with E-state index in [1.54, 1.807) is 6.20 Å². The molecule has 0 atom stereocenters. The molecule has 0 unspecified atom stereocenters. The Morgan fingerprint density at radius 3 is 2.83 bits per heavy atom. The van der Waals surface area contributed by atoms with Crippen LogP contribution in [0.1, 0.15) is 5.69 Å². The first-order chi connectivity index (χ1) is 8.47. The highest BCUT2D eigenvalue weighted by atomic mass is 28.3. The Morgan fingerprint density at radius 2 is 2.11 bits per heavy atom. The maximum absolute atomic E-state index is 5.71. The van der Waals surface area contributed by atoms with Crippen molar-refractivity contribution < 1.29 is 4.74 Å². The van der Waals surface area contributed by atoms with Gasteiger partial charge in [0.2, 0.25) is 0 Å². The van der Waals surface area contributed by atoms with Crippen LogP contribution in [0.5, 0.6) is 0 Å². The van der Waals surface area contributed by atoms with E-state index in [0.29, 0.717) is 6.73 Å². The number of hydrogen-bond acceptors (Lipinski definition) is 3. The number of aromatic nitrogens is 3. The smallest absolute Gasteiger partial charge is 0.160 e. The van der Waals surface area contributed by atoms with Crippen LogP contribution < -0.4 is 0 Å². The van der Waals surface area contributed by atoms with Crippen molar-refractivity contribution in [3.05, 3.63) is 24.0 Å². The number of pyridine rings is 1. The van der Waals surface area contributed by atoms with Gasteiger partial charge in [-0.2, -0.15) is 5.10 Å². The Hall–Kier alpha value is -1.20. The van der Waals surface area contributed by atoms with E-state index in [4.69, 9.17) is 4.74 Å². The summed E-state index contributed by atoms with van der Waals surface area (Å²) < 4.78 is 7.55. The van der Waals surface area contributed by atoms with Crippen LogP contribution in [0.2, 0.25) is 25.7 Å². The van der Waals surface area contributed by atoms with Crippen LogP contribution >= 0.6 is 0 Å². The molecule has 0 aliphatic heterocycles. The van der Waals surface area contributed by atoms with Crippen LogP contribution in [-0.4, -0.2) is 29.4 Å². The number of fused-ring (bicyclic) bond motifs is 1. The third kappa shape index (κ3) is 3.17. The maximum Gasteiger partial charge on any atom is 0.160 e. The Bertz CT molecular complexity index is 531. The molecular weight excluding hydrogens is 242 g/mol. The molecule has 0 radical (unpaired) electrons. The molecule has 0 bridgehead atoms. The summed E-state index contributed by atoms with van der Waals surface area (Å²) in [4.78, 5) is 4.36. The Balaban J connectivity index is 2.00. The van der Waals surface area contributed by atoms with E-state index in [-0.39, 0.29) is 0 Å². The Kier molecular flexibility index (Phi) is 3.82. The van der Waals surface area contributed by atoms with Crippen LogP contribution in [0.25, 0.3) is 11.0 Å². The van der Waals surface area contributed by atoms with Gasteiger partial charge in [-0.1, -0.05) is 19.6 Å². The van der Waals surface area contributed by atoms with Gasteiger partial charge in [-0.15, -0.1) is 0 Å². The van der Waals surface area contributed by atoms with Crippen molar-refractivity contribution in [2.24, 2.45) is 0 Å². The average Bonchev–Trinajstić information content (AvgIpc) is 2.62. The Morgan fingerprint density at radius 1 is 1.33 bits per heavy atom. The van der Waals surface area contributed by atoms with Crippen molar-refractivity contribution in [1.29, 1.82) is 0 Å². The molecule has 0 fully saturated rings. The largest absolute Gasteiger partial charge is 0.359 e. The molecule has 0 aliphatic rings. The summed E-state index contributed by atoms with van der Waals surface area (Å²) in [6.45, 7) is 10.4. The number of rotatable bonds is 5. The molecule has 0 N–H and O–H groups in total. The molecule has 0 spiro atoms. The van der Waals surface area contributed by atoms with Gasteiger partial charge >= 0.3 is 0 Å². The summed E-state index contributed by atoms with van der Waals surface area (Å²) in [5.74, 6) is 0. The van der Waals surface area contributed by atoms with E-state index in [9.17, 15) is 0 Å². The summed E-state index contributed by atoms with van der Waals surface area (Å²) in [6.07, 6.45) is 1.79. The quantitative estimate of drug-likeness (QED) is 0.615. The van der Waals surface area contributed by atoms with Crippen LogP contribution in [-0.2, 0) is 11.5 Å². The molecule has 2 aromatic heterocycles. The molecule has 0 saturated carbocycles. The number of aryl methyl sites for hydroxylation is 1. The maximum atomic E-state index is 5.71. The lowest BCUT2D eigenvalue weighted by molar-refractivity contribution is 0.0811. The van der Waals surface area contributed by atoms with Gasteiger partial charge in [0.05, 0.1) is 5.69 Å². The number of nitrogens with zero attached hydrogens (tertiary/aromatic N) is 3. The van der Waals surface area contributed by atoms with E-state index in [1.807, 2.05) is 23.7 Å². The summed E-state index contributed by atoms with van der Waals surface area (Å²) in [5.41, 5.74) is 1.91. The van der Waals surface area contributed by atoms with Crippen LogP contribution in [0.3, 0.4) is 0 Å². The fraction of sp³-hybridized carbons (Fsp3) is 0.538. The van der Waals surface area contributed by atoms with Crippen LogP contribution in [0, 0.1) is 6.92 Å². The fourth-order valence-electron chi connectivity index (χ4n) is 1.79. The van der Waals surface area contributed by atoms with Crippen molar-refractivity contribution in [2.45, 2.75) is 39.3 Å². The number of ether oxygens (including phenoxy) is 1. The van der Waals surface area contributed by atoms with E-state index >= 15 is 0 Å². The molecule has 18 heavy (non-hydrogen) atoms. The predicted octanol–water partition coefficient (Wildman–Crippen LogP) is 3.05. The van der Waals surface area contributed by atoms with Crippen LogP contribution in [0.15, 0.2) is 18.3 Å². The molecule has 2 aromatic rings. The predicted molar refractivity (Wildman–Crippen MR) is 76.4 cm³/mol. The highest BCUT2D eigenvalue weighted by Crippen LogP contribution is 2.15. The van der Waals surface area contributed by atoms with Gasteiger partial charge in [-0.3, -0.25) is 0 Å².